The number of rotatable bonds is 5. The molecule has 2 aromatic heterocycles. The van der Waals surface area contributed by atoms with Crippen LogP contribution in [0.3, 0.4) is 0 Å². The van der Waals surface area contributed by atoms with Crippen LogP contribution in [0, 0.1) is 13.8 Å². The fraction of sp³-hybridized carbons (Fsp3) is 0.190. The predicted octanol–water partition coefficient (Wildman–Crippen LogP) is 4.95. The number of H-pyrrole nitrogens is 1. The molecule has 1 amide bonds. The van der Waals surface area contributed by atoms with Crippen molar-refractivity contribution in [2.45, 2.75) is 31.2 Å². The first kappa shape index (κ1) is 18.3. The van der Waals surface area contributed by atoms with Crippen LogP contribution in [0.4, 0.5) is 5.69 Å². The molecule has 2 heterocycles. The average Bonchev–Trinajstić information content (AvgIpc) is 3.31. The highest BCUT2D eigenvalue weighted by Crippen LogP contribution is 2.31. The second kappa shape index (κ2) is 7.52. The minimum absolute atomic E-state index is 0.103. The number of thioether (sulfide) groups is 1. The summed E-state index contributed by atoms with van der Waals surface area (Å²) in [6, 6.07) is 13.9. The standard InChI is InChI=1S/C21H20N4O2S/c1-12-7-6-8-13(2)18(12)23-19(26)14(3)28-21-25-24-20(27-21)16-11-22-17-10-5-4-9-15(16)17/h4-11,14,22H,1-3H3,(H,23,26). The minimum atomic E-state index is -0.379. The number of aromatic amines is 1. The zero-order chi connectivity index (χ0) is 19.7. The second-order valence-electron chi connectivity index (χ2n) is 6.64. The van der Waals surface area contributed by atoms with Crippen molar-refractivity contribution in [3.05, 3.63) is 59.8 Å². The maximum absolute atomic E-state index is 12.6. The van der Waals surface area contributed by atoms with Gasteiger partial charge in [-0.2, -0.15) is 0 Å². The maximum atomic E-state index is 12.6. The van der Waals surface area contributed by atoms with Gasteiger partial charge in [0, 0.05) is 22.8 Å². The number of amides is 1. The van der Waals surface area contributed by atoms with Gasteiger partial charge in [-0.05, 0) is 38.0 Å². The van der Waals surface area contributed by atoms with Gasteiger partial charge in [0.05, 0.1) is 10.8 Å². The van der Waals surface area contributed by atoms with Crippen LogP contribution >= 0.6 is 11.8 Å². The van der Waals surface area contributed by atoms with Crippen LogP contribution in [-0.2, 0) is 4.79 Å². The van der Waals surface area contributed by atoms with Crippen molar-refractivity contribution in [1.29, 1.82) is 0 Å². The first-order chi connectivity index (χ1) is 13.5. The van der Waals surface area contributed by atoms with E-state index in [1.807, 2.05) is 69.4 Å². The number of hydrogen-bond acceptors (Lipinski definition) is 5. The first-order valence-corrected chi connectivity index (χ1v) is 9.84. The van der Waals surface area contributed by atoms with E-state index in [2.05, 4.69) is 20.5 Å². The molecular formula is C21H20N4O2S. The third-order valence-electron chi connectivity index (χ3n) is 4.60. The van der Waals surface area contributed by atoms with Gasteiger partial charge < -0.3 is 14.7 Å². The molecule has 0 fully saturated rings. The summed E-state index contributed by atoms with van der Waals surface area (Å²) in [6.45, 7) is 5.78. The number of benzene rings is 2. The van der Waals surface area contributed by atoms with Crippen LogP contribution in [0.5, 0.6) is 0 Å². The number of carbonyl (C=O) groups excluding carboxylic acids is 1. The van der Waals surface area contributed by atoms with E-state index in [0.717, 1.165) is 33.3 Å². The summed E-state index contributed by atoms with van der Waals surface area (Å²) >= 11 is 1.24. The summed E-state index contributed by atoms with van der Waals surface area (Å²) in [4.78, 5) is 15.8. The molecule has 0 aliphatic rings. The van der Waals surface area contributed by atoms with Crippen LogP contribution in [0.1, 0.15) is 18.1 Å². The summed E-state index contributed by atoms with van der Waals surface area (Å²) in [7, 11) is 0. The highest BCUT2D eigenvalue weighted by atomic mass is 32.2. The molecule has 0 radical (unpaired) electrons. The summed E-state index contributed by atoms with van der Waals surface area (Å²) in [5.41, 5.74) is 4.77. The van der Waals surface area contributed by atoms with E-state index in [4.69, 9.17) is 4.42 Å². The molecule has 2 aromatic carbocycles. The smallest absolute Gasteiger partial charge is 0.277 e. The second-order valence-corrected chi connectivity index (χ2v) is 7.93. The van der Waals surface area contributed by atoms with Crippen molar-refractivity contribution in [3.63, 3.8) is 0 Å². The van der Waals surface area contributed by atoms with Gasteiger partial charge in [-0.25, -0.2) is 0 Å². The lowest BCUT2D eigenvalue weighted by molar-refractivity contribution is -0.115. The Morgan fingerprint density at radius 1 is 1.11 bits per heavy atom. The zero-order valence-corrected chi connectivity index (χ0v) is 16.6. The summed E-state index contributed by atoms with van der Waals surface area (Å²) in [6.07, 6.45) is 1.85. The van der Waals surface area contributed by atoms with Crippen molar-refractivity contribution >= 4 is 34.3 Å². The van der Waals surface area contributed by atoms with Gasteiger partial charge in [-0.3, -0.25) is 4.79 Å². The highest BCUT2D eigenvalue weighted by Gasteiger charge is 2.20. The van der Waals surface area contributed by atoms with E-state index in [-0.39, 0.29) is 11.2 Å². The van der Waals surface area contributed by atoms with Gasteiger partial charge >= 0.3 is 0 Å². The summed E-state index contributed by atoms with van der Waals surface area (Å²) < 4.78 is 5.80. The Labute approximate surface area is 166 Å². The molecule has 0 bridgehead atoms. The summed E-state index contributed by atoms with van der Waals surface area (Å²) in [5.74, 6) is 0.330. The molecule has 4 aromatic rings. The largest absolute Gasteiger partial charge is 0.411 e. The SMILES string of the molecule is Cc1cccc(C)c1NC(=O)C(C)Sc1nnc(-c2c[nH]c3ccccc23)o1. The number of anilines is 1. The Morgan fingerprint density at radius 3 is 2.64 bits per heavy atom. The van der Waals surface area contributed by atoms with Crippen molar-refractivity contribution in [2.24, 2.45) is 0 Å². The maximum Gasteiger partial charge on any atom is 0.277 e. The van der Waals surface area contributed by atoms with Gasteiger partial charge in [0.2, 0.25) is 5.91 Å². The molecule has 1 unspecified atom stereocenters. The van der Waals surface area contributed by atoms with Crippen molar-refractivity contribution < 1.29 is 9.21 Å². The predicted molar refractivity (Wildman–Crippen MR) is 111 cm³/mol. The Kier molecular flexibility index (Phi) is 4.92. The number of para-hydroxylation sites is 2. The van der Waals surface area contributed by atoms with E-state index in [0.29, 0.717) is 11.1 Å². The molecule has 0 aliphatic carbocycles. The lowest BCUT2D eigenvalue weighted by atomic mass is 10.1. The van der Waals surface area contributed by atoms with Crippen LogP contribution in [0.2, 0.25) is 0 Å². The first-order valence-electron chi connectivity index (χ1n) is 8.96. The Bertz CT molecular complexity index is 1130. The topological polar surface area (TPSA) is 83.8 Å². The van der Waals surface area contributed by atoms with E-state index in [9.17, 15) is 4.79 Å². The number of nitrogens with zero attached hydrogens (tertiary/aromatic N) is 2. The molecule has 0 saturated heterocycles. The Hall–Kier alpha value is -3.06. The van der Waals surface area contributed by atoms with Crippen molar-refractivity contribution in [2.75, 3.05) is 5.32 Å². The third-order valence-corrected chi connectivity index (χ3v) is 5.54. The number of hydrogen-bond donors (Lipinski definition) is 2. The molecule has 7 heteroatoms. The lowest BCUT2D eigenvalue weighted by Gasteiger charge is -2.14. The Morgan fingerprint density at radius 2 is 1.86 bits per heavy atom. The fourth-order valence-corrected chi connectivity index (χ4v) is 3.74. The third kappa shape index (κ3) is 3.53. The van der Waals surface area contributed by atoms with Crippen molar-refractivity contribution in [1.82, 2.24) is 15.2 Å². The van der Waals surface area contributed by atoms with Crippen LogP contribution in [-0.4, -0.2) is 26.3 Å². The van der Waals surface area contributed by atoms with Gasteiger partial charge in [0.1, 0.15) is 0 Å². The number of fused-ring (bicyclic) bond motifs is 1. The van der Waals surface area contributed by atoms with Crippen LogP contribution < -0.4 is 5.32 Å². The van der Waals surface area contributed by atoms with Gasteiger partial charge in [0.25, 0.3) is 11.1 Å². The molecule has 2 N–H and O–H groups in total. The fourth-order valence-electron chi connectivity index (χ4n) is 3.06. The minimum Gasteiger partial charge on any atom is -0.411 e. The van der Waals surface area contributed by atoms with E-state index in [1.54, 1.807) is 0 Å². The molecule has 142 valence electrons. The highest BCUT2D eigenvalue weighted by molar-refractivity contribution is 8.00. The van der Waals surface area contributed by atoms with E-state index in [1.165, 1.54) is 11.8 Å². The molecule has 1 atom stereocenters. The number of aryl methyl sites for hydroxylation is 2. The molecule has 0 saturated carbocycles. The van der Waals surface area contributed by atoms with Crippen LogP contribution in [0.25, 0.3) is 22.4 Å². The van der Waals surface area contributed by atoms with E-state index >= 15 is 0 Å². The monoisotopic (exact) mass is 392 g/mol. The van der Waals surface area contributed by atoms with Gasteiger partial charge in [-0.1, -0.05) is 48.2 Å². The molecule has 6 nitrogen and oxygen atoms in total. The molecule has 0 aliphatic heterocycles. The van der Waals surface area contributed by atoms with Gasteiger partial charge in [-0.15, -0.1) is 10.2 Å². The number of aromatic nitrogens is 3. The van der Waals surface area contributed by atoms with Gasteiger partial charge in [0.15, 0.2) is 0 Å². The molecule has 4 rings (SSSR count). The quantitative estimate of drug-likeness (QED) is 0.469. The Balaban J connectivity index is 1.48. The molecule has 0 spiro atoms. The number of carbonyl (C=O) groups is 1. The van der Waals surface area contributed by atoms with E-state index < -0.39 is 0 Å². The van der Waals surface area contributed by atoms with Crippen molar-refractivity contribution in [3.8, 4) is 11.5 Å². The summed E-state index contributed by atoms with van der Waals surface area (Å²) in [5, 5.41) is 12.2. The number of nitrogens with one attached hydrogen (secondary N) is 2. The molecule has 28 heavy (non-hydrogen) atoms. The van der Waals surface area contributed by atoms with Crippen LogP contribution in [0.15, 0.2) is 58.3 Å². The molecular weight excluding hydrogens is 372 g/mol. The lowest BCUT2D eigenvalue weighted by Crippen LogP contribution is -2.23. The normalized spacial score (nSPS) is 12.2. The zero-order valence-electron chi connectivity index (χ0n) is 15.8. The average molecular weight is 392 g/mol.